The number of hydrogen-bond acceptors (Lipinski definition) is 3. The lowest BCUT2D eigenvalue weighted by atomic mass is 10.5. The van der Waals surface area contributed by atoms with E-state index >= 15 is 0 Å². The quantitative estimate of drug-likeness (QED) is 0.268. The van der Waals surface area contributed by atoms with E-state index in [1.807, 2.05) is 0 Å². The minimum Gasteiger partial charge on any atom is -0.514 e. The van der Waals surface area contributed by atoms with Gasteiger partial charge in [-0.3, -0.25) is 0 Å². The van der Waals surface area contributed by atoms with Gasteiger partial charge < -0.3 is 9.84 Å². The average Bonchev–Trinajstić information content (AvgIpc) is 1.89. The minimum absolute atomic E-state index is 0.189. The predicted octanol–water partition coefficient (Wildman–Crippen LogP) is 0.868. The highest BCUT2D eigenvalue weighted by molar-refractivity contribution is 5.85. The molecule has 4 nitrogen and oxygen atoms in total. The van der Waals surface area contributed by atoms with Crippen LogP contribution < -0.4 is 0 Å². The van der Waals surface area contributed by atoms with Gasteiger partial charge in [-0.05, 0) is 6.92 Å². The molecule has 4 heteroatoms. The summed E-state index contributed by atoms with van der Waals surface area (Å²) in [5, 5.41) is 8.62. The first kappa shape index (κ1) is 8.50. The third kappa shape index (κ3) is 2.72. The van der Waals surface area contributed by atoms with Crippen LogP contribution in [-0.4, -0.2) is 17.7 Å². The van der Waals surface area contributed by atoms with Gasteiger partial charge in [0.2, 0.25) is 12.0 Å². The Balaban J connectivity index is 3.98. The average molecular weight is 141 g/mol. The summed E-state index contributed by atoms with van der Waals surface area (Å²) in [6, 6.07) is 0. The van der Waals surface area contributed by atoms with Crippen molar-refractivity contribution < 1.29 is 14.6 Å². The number of carbonyl (C=O) groups is 1. The summed E-state index contributed by atoms with van der Waals surface area (Å²) in [6.07, 6.45) is 0.706. The molecule has 0 heterocycles. The van der Waals surface area contributed by atoms with E-state index in [-0.39, 0.29) is 6.61 Å². The van der Waals surface area contributed by atoms with Crippen LogP contribution >= 0.6 is 0 Å². The Morgan fingerprint density at radius 2 is 2.50 bits per heavy atom. The highest BCUT2D eigenvalue weighted by Gasteiger charge is 2.05. The van der Waals surface area contributed by atoms with E-state index in [9.17, 15) is 4.79 Å². The van der Waals surface area contributed by atoms with Crippen LogP contribution in [0.5, 0.6) is 0 Å². The van der Waals surface area contributed by atoms with Crippen LogP contribution in [0.3, 0.4) is 0 Å². The van der Waals surface area contributed by atoms with Crippen molar-refractivity contribution in [2.24, 2.45) is 0 Å². The Labute approximate surface area is 58.5 Å². The summed E-state index contributed by atoms with van der Waals surface area (Å²) in [4.78, 5) is 13.1. The van der Waals surface area contributed by atoms with Crippen LogP contribution in [0.1, 0.15) is 6.92 Å². The van der Waals surface area contributed by atoms with E-state index in [1.165, 1.54) is 0 Å². The number of aliphatic hydroxyl groups excluding tert-OH is 1. The Bertz CT molecular complexity index is 190. The fourth-order valence-corrected chi connectivity index (χ4v) is 0.319. The second-order valence-corrected chi connectivity index (χ2v) is 1.36. The van der Waals surface area contributed by atoms with E-state index < -0.39 is 11.7 Å². The third-order valence-corrected chi connectivity index (χ3v) is 0.671. The Morgan fingerprint density at radius 1 is 1.90 bits per heavy atom. The van der Waals surface area contributed by atoms with Gasteiger partial charge in [0.25, 0.3) is 0 Å². The molecule has 0 atom stereocenters. The minimum atomic E-state index is -0.862. The molecule has 10 heavy (non-hydrogen) atoms. The van der Waals surface area contributed by atoms with Gasteiger partial charge in [-0.1, -0.05) is 0 Å². The van der Waals surface area contributed by atoms with Gasteiger partial charge in [-0.2, -0.15) is 0 Å². The molecule has 0 bridgehead atoms. The molecule has 1 N–H and O–H groups in total. The second kappa shape index (κ2) is 4.39. The molecular formula is C6H7NO3. The highest BCUT2D eigenvalue weighted by atomic mass is 16.5. The zero-order valence-electron chi connectivity index (χ0n) is 5.50. The van der Waals surface area contributed by atoms with E-state index in [4.69, 9.17) is 11.7 Å². The van der Waals surface area contributed by atoms with Crippen LogP contribution in [0.4, 0.5) is 0 Å². The molecule has 0 rings (SSSR count). The van der Waals surface area contributed by atoms with Gasteiger partial charge in [0, 0.05) is 0 Å². The fraction of sp³-hybridized carbons (Fsp3) is 0.333. The SMILES string of the molecule is [C-]#[N+]/C=C(\O)C(=O)OCC. The molecule has 0 radical (unpaired) electrons. The lowest BCUT2D eigenvalue weighted by molar-refractivity contribution is -0.141. The summed E-state index contributed by atoms with van der Waals surface area (Å²) in [7, 11) is 0. The van der Waals surface area contributed by atoms with Gasteiger partial charge in [-0.25, -0.2) is 9.64 Å². The largest absolute Gasteiger partial charge is 0.514 e. The van der Waals surface area contributed by atoms with Crippen molar-refractivity contribution in [2.75, 3.05) is 6.61 Å². The van der Waals surface area contributed by atoms with Crippen molar-refractivity contribution in [1.29, 1.82) is 0 Å². The molecule has 0 aromatic carbocycles. The van der Waals surface area contributed by atoms with Gasteiger partial charge >= 0.3 is 5.97 Å². The van der Waals surface area contributed by atoms with Crippen molar-refractivity contribution in [3.63, 3.8) is 0 Å². The lowest BCUT2D eigenvalue weighted by Gasteiger charge is -1.97. The van der Waals surface area contributed by atoms with E-state index in [2.05, 4.69) is 9.58 Å². The van der Waals surface area contributed by atoms with Crippen molar-refractivity contribution in [3.05, 3.63) is 23.4 Å². The molecule has 0 spiro atoms. The molecule has 54 valence electrons. The fourth-order valence-electron chi connectivity index (χ4n) is 0.319. The van der Waals surface area contributed by atoms with Crippen molar-refractivity contribution in [1.82, 2.24) is 0 Å². The number of hydrogen-bond donors (Lipinski definition) is 1. The van der Waals surface area contributed by atoms with Gasteiger partial charge in [0.05, 0.1) is 13.2 Å². The second-order valence-electron chi connectivity index (χ2n) is 1.36. The zero-order valence-corrected chi connectivity index (χ0v) is 5.50. The van der Waals surface area contributed by atoms with Crippen molar-refractivity contribution >= 4 is 5.97 Å². The smallest absolute Gasteiger partial charge is 0.361 e. The first-order chi connectivity index (χ1) is 4.72. The predicted molar refractivity (Wildman–Crippen MR) is 33.9 cm³/mol. The van der Waals surface area contributed by atoms with Gasteiger partial charge in [-0.15, -0.1) is 0 Å². The number of aliphatic hydroxyl groups is 1. The first-order valence-electron chi connectivity index (χ1n) is 2.65. The van der Waals surface area contributed by atoms with E-state index in [0.717, 1.165) is 0 Å². The summed E-state index contributed by atoms with van der Waals surface area (Å²) in [5.41, 5.74) is 0. The summed E-state index contributed by atoms with van der Waals surface area (Å²) in [6.45, 7) is 8.04. The van der Waals surface area contributed by atoms with E-state index in [0.29, 0.717) is 6.20 Å². The first-order valence-corrected chi connectivity index (χ1v) is 2.65. The van der Waals surface area contributed by atoms with Crippen molar-refractivity contribution in [3.8, 4) is 0 Å². The Morgan fingerprint density at radius 3 is 2.90 bits per heavy atom. The molecule has 0 unspecified atom stereocenters. The maximum absolute atomic E-state index is 10.4. The molecule has 0 fully saturated rings. The molecule has 0 aliphatic rings. The Hall–Kier alpha value is -1.50. The molecule has 0 aliphatic carbocycles. The molecule has 0 aliphatic heterocycles. The molecular weight excluding hydrogens is 134 g/mol. The van der Waals surface area contributed by atoms with Gasteiger partial charge in [0.15, 0.2) is 0 Å². The molecule has 0 aromatic rings. The monoisotopic (exact) mass is 141 g/mol. The summed E-state index contributed by atoms with van der Waals surface area (Å²) in [5.74, 6) is -1.52. The van der Waals surface area contributed by atoms with E-state index in [1.54, 1.807) is 6.92 Å². The maximum atomic E-state index is 10.4. The molecule has 0 amide bonds. The van der Waals surface area contributed by atoms with Crippen LogP contribution in [-0.2, 0) is 9.53 Å². The number of nitrogens with zero attached hydrogens (tertiary/aromatic N) is 1. The molecule has 0 aromatic heterocycles. The van der Waals surface area contributed by atoms with Crippen molar-refractivity contribution in [2.45, 2.75) is 6.92 Å². The lowest BCUT2D eigenvalue weighted by Crippen LogP contribution is -2.06. The van der Waals surface area contributed by atoms with Crippen LogP contribution in [0.15, 0.2) is 12.0 Å². The normalized spacial score (nSPS) is 10.2. The van der Waals surface area contributed by atoms with Crippen LogP contribution in [0.25, 0.3) is 4.85 Å². The van der Waals surface area contributed by atoms with Crippen LogP contribution in [0, 0.1) is 6.57 Å². The summed E-state index contributed by atoms with van der Waals surface area (Å²) < 4.78 is 4.36. The number of esters is 1. The number of carbonyl (C=O) groups excluding carboxylic acids is 1. The van der Waals surface area contributed by atoms with Crippen LogP contribution in [0.2, 0.25) is 0 Å². The number of rotatable bonds is 2. The third-order valence-electron chi connectivity index (χ3n) is 0.671. The maximum Gasteiger partial charge on any atom is 0.361 e. The molecule has 0 saturated heterocycles. The topological polar surface area (TPSA) is 50.9 Å². The molecule has 0 saturated carbocycles. The summed E-state index contributed by atoms with van der Waals surface area (Å²) >= 11 is 0. The Kier molecular flexibility index (Phi) is 3.73. The number of ether oxygens (including phenoxy) is 1. The highest BCUT2D eigenvalue weighted by Crippen LogP contribution is 1.92. The van der Waals surface area contributed by atoms with Gasteiger partial charge in [0.1, 0.15) is 0 Å². The standard InChI is InChI=1S/C6H7NO3/c1-3-10-6(9)5(8)4-7-2/h4,8H,3H2,1H3/b5-4-. The zero-order chi connectivity index (χ0) is 7.98.